The minimum Gasteiger partial charge on any atom is -0.358 e. The standard InChI is InChI=1S/C27H30F3N6O13P/c28-16-10-31(19-4-1-7-44-19)25(40)34(22(16)37)13-47-50(43,48-14-35-23(38)17(29)11-32(26(35)41)20-5-2-8-45-20)49-15-36-24(39)18(30)12-33(27(36)42)21-6-3-9-46-21/h10-12,19-21H,1-9,13-15H2. The van der Waals surface area contributed by atoms with Crippen molar-refractivity contribution in [1.29, 1.82) is 0 Å². The average Bonchev–Trinajstić information content (AvgIpc) is 3.91. The zero-order chi connectivity index (χ0) is 35.7. The summed E-state index contributed by atoms with van der Waals surface area (Å²) in [5.74, 6) is -4.29. The molecule has 19 nitrogen and oxygen atoms in total. The number of phosphoric ester groups is 1. The normalized spacial score (nSPS) is 21.9. The predicted molar refractivity (Wildman–Crippen MR) is 158 cm³/mol. The first-order valence-electron chi connectivity index (χ1n) is 15.3. The Bertz CT molecular complexity index is 1930. The van der Waals surface area contributed by atoms with Crippen molar-refractivity contribution in [3.63, 3.8) is 0 Å². The molecule has 50 heavy (non-hydrogen) atoms. The van der Waals surface area contributed by atoms with Gasteiger partial charge in [0.25, 0.3) is 16.7 Å². The molecule has 6 heterocycles. The highest BCUT2D eigenvalue weighted by Crippen LogP contribution is 2.50. The van der Waals surface area contributed by atoms with Crippen LogP contribution in [-0.2, 0) is 52.5 Å². The molecule has 3 aliphatic rings. The summed E-state index contributed by atoms with van der Waals surface area (Å²) < 4.78 is 92.2. The van der Waals surface area contributed by atoms with Gasteiger partial charge >= 0.3 is 24.9 Å². The van der Waals surface area contributed by atoms with Crippen LogP contribution >= 0.6 is 7.82 Å². The number of halogens is 3. The topological polar surface area (TPSA) is 204 Å². The van der Waals surface area contributed by atoms with Crippen molar-refractivity contribution in [3.8, 4) is 0 Å². The molecule has 0 amide bonds. The fraction of sp³-hybridized carbons (Fsp3) is 0.556. The molecular formula is C27H30F3N6O13P. The molecule has 3 aliphatic heterocycles. The van der Waals surface area contributed by atoms with Crippen LogP contribution in [0.15, 0.2) is 47.4 Å². The van der Waals surface area contributed by atoms with Crippen LogP contribution in [0.1, 0.15) is 57.2 Å². The second-order valence-electron chi connectivity index (χ2n) is 11.3. The van der Waals surface area contributed by atoms with Gasteiger partial charge in [-0.25, -0.2) is 32.6 Å². The maximum Gasteiger partial charge on any atom is 0.480 e. The van der Waals surface area contributed by atoms with Crippen LogP contribution in [0.3, 0.4) is 0 Å². The molecule has 3 fully saturated rings. The van der Waals surface area contributed by atoms with Crippen molar-refractivity contribution in [2.24, 2.45) is 0 Å². The third-order valence-electron chi connectivity index (χ3n) is 8.14. The molecule has 3 saturated heterocycles. The summed E-state index contributed by atoms with van der Waals surface area (Å²) in [6.07, 6.45) is 1.47. The first-order chi connectivity index (χ1) is 23.9. The van der Waals surface area contributed by atoms with E-state index < -0.39 is 97.9 Å². The molecule has 0 aliphatic carbocycles. The Morgan fingerprint density at radius 2 is 0.840 bits per heavy atom. The highest BCUT2D eigenvalue weighted by atomic mass is 31.2. The lowest BCUT2D eigenvalue weighted by atomic mass is 10.3. The molecule has 3 atom stereocenters. The van der Waals surface area contributed by atoms with E-state index in [1.807, 2.05) is 0 Å². The van der Waals surface area contributed by atoms with Gasteiger partial charge in [-0.2, -0.15) is 13.2 Å². The number of aromatic nitrogens is 6. The van der Waals surface area contributed by atoms with E-state index in [-0.39, 0.29) is 33.5 Å². The van der Waals surface area contributed by atoms with Crippen LogP contribution in [0.5, 0.6) is 0 Å². The number of ether oxygens (including phenoxy) is 3. The van der Waals surface area contributed by atoms with Crippen LogP contribution in [0.4, 0.5) is 13.2 Å². The summed E-state index contributed by atoms with van der Waals surface area (Å²) in [5.41, 5.74) is -8.10. The summed E-state index contributed by atoms with van der Waals surface area (Å²) in [6, 6.07) is 0. The van der Waals surface area contributed by atoms with Gasteiger partial charge in [-0.05, 0) is 38.5 Å². The molecule has 0 aromatic carbocycles. The number of nitrogens with zero attached hydrogens (tertiary/aromatic N) is 6. The number of phosphoric acid groups is 1. The Hall–Kier alpha value is -4.18. The Morgan fingerprint density at radius 1 is 0.560 bits per heavy atom. The van der Waals surface area contributed by atoms with Gasteiger partial charge in [-0.1, -0.05) is 0 Å². The molecule has 3 unspecified atom stereocenters. The quantitative estimate of drug-likeness (QED) is 0.232. The summed E-state index contributed by atoms with van der Waals surface area (Å²) in [4.78, 5) is 77.2. The van der Waals surface area contributed by atoms with E-state index in [0.29, 0.717) is 57.1 Å². The van der Waals surface area contributed by atoms with Gasteiger partial charge in [0, 0.05) is 19.8 Å². The lowest BCUT2D eigenvalue weighted by Crippen LogP contribution is -2.44. The average molecular weight is 735 g/mol. The second kappa shape index (κ2) is 14.6. The smallest absolute Gasteiger partial charge is 0.358 e. The molecule has 3 aromatic rings. The first kappa shape index (κ1) is 35.6. The minimum atomic E-state index is -5.39. The van der Waals surface area contributed by atoms with Crippen LogP contribution < -0.4 is 33.7 Å². The second-order valence-corrected chi connectivity index (χ2v) is 13.0. The van der Waals surface area contributed by atoms with Crippen LogP contribution in [-0.4, -0.2) is 47.2 Å². The van der Waals surface area contributed by atoms with E-state index in [0.717, 1.165) is 13.7 Å². The SMILES string of the molecule is O=c1c(F)cn(C2CCCO2)c(=O)n1COP(=O)(OCn1c(=O)c(F)cn(C2CCCO2)c1=O)OCn1c(=O)c(F)cn(C2CCCO2)c1=O. The molecule has 23 heteroatoms. The Balaban J connectivity index is 1.34. The molecule has 0 radical (unpaired) electrons. The maximum absolute atomic E-state index is 14.6. The Labute approximate surface area is 276 Å². The van der Waals surface area contributed by atoms with Crippen molar-refractivity contribution in [1.82, 2.24) is 27.4 Å². The lowest BCUT2D eigenvalue weighted by molar-refractivity contribution is 0.0318. The molecule has 0 N–H and O–H groups in total. The highest BCUT2D eigenvalue weighted by Gasteiger charge is 2.32. The molecule has 272 valence electrons. The summed E-state index contributed by atoms with van der Waals surface area (Å²) in [5, 5.41) is 0. The molecule has 6 rings (SSSR count). The van der Waals surface area contributed by atoms with Gasteiger partial charge in [0.05, 0.1) is 18.6 Å². The van der Waals surface area contributed by atoms with E-state index >= 15 is 0 Å². The summed E-state index contributed by atoms with van der Waals surface area (Å²) >= 11 is 0. The number of hydrogen-bond donors (Lipinski definition) is 0. The monoisotopic (exact) mass is 734 g/mol. The fourth-order valence-corrected chi connectivity index (χ4v) is 6.56. The highest BCUT2D eigenvalue weighted by molar-refractivity contribution is 7.48. The molecule has 0 saturated carbocycles. The predicted octanol–water partition coefficient (Wildman–Crippen LogP) is 0.432. The van der Waals surface area contributed by atoms with Crippen molar-refractivity contribution in [2.75, 3.05) is 19.8 Å². The third-order valence-corrected chi connectivity index (χ3v) is 9.44. The van der Waals surface area contributed by atoms with E-state index in [2.05, 4.69) is 0 Å². The van der Waals surface area contributed by atoms with Crippen molar-refractivity contribution in [2.45, 2.75) is 77.4 Å². The van der Waals surface area contributed by atoms with Crippen molar-refractivity contribution >= 4 is 7.82 Å². The first-order valence-corrected chi connectivity index (χ1v) is 16.8. The lowest BCUT2D eigenvalue weighted by Gasteiger charge is -2.21. The Kier molecular flexibility index (Phi) is 10.4. The third kappa shape index (κ3) is 7.04. The Morgan fingerprint density at radius 3 is 1.08 bits per heavy atom. The molecule has 3 aromatic heterocycles. The molecule has 0 spiro atoms. The van der Waals surface area contributed by atoms with E-state index in [1.165, 1.54) is 0 Å². The van der Waals surface area contributed by atoms with Gasteiger partial charge in [0.1, 0.15) is 38.9 Å². The maximum atomic E-state index is 14.6. The van der Waals surface area contributed by atoms with E-state index in [1.54, 1.807) is 0 Å². The van der Waals surface area contributed by atoms with Gasteiger partial charge in [0.2, 0.25) is 17.5 Å². The largest absolute Gasteiger partial charge is 0.480 e. The zero-order valence-electron chi connectivity index (χ0n) is 26.0. The van der Waals surface area contributed by atoms with Gasteiger partial charge in [0.15, 0.2) is 0 Å². The van der Waals surface area contributed by atoms with Gasteiger partial charge < -0.3 is 14.2 Å². The van der Waals surface area contributed by atoms with Gasteiger partial charge in [-0.15, -0.1) is 0 Å². The van der Waals surface area contributed by atoms with Crippen molar-refractivity contribution < 1.29 is 45.5 Å². The zero-order valence-corrected chi connectivity index (χ0v) is 26.9. The summed E-state index contributed by atoms with van der Waals surface area (Å²) in [7, 11) is -5.39. The van der Waals surface area contributed by atoms with Gasteiger partial charge in [-0.3, -0.25) is 41.7 Å². The number of rotatable bonds is 12. The van der Waals surface area contributed by atoms with Crippen LogP contribution in [0.2, 0.25) is 0 Å². The minimum absolute atomic E-state index is 0.161. The van der Waals surface area contributed by atoms with Crippen molar-refractivity contribution in [3.05, 3.63) is 98.6 Å². The van der Waals surface area contributed by atoms with E-state index in [9.17, 15) is 46.5 Å². The number of hydrogen-bond acceptors (Lipinski definition) is 13. The van der Waals surface area contributed by atoms with Crippen LogP contribution in [0, 0.1) is 17.5 Å². The summed E-state index contributed by atoms with van der Waals surface area (Å²) in [6.45, 7) is -3.32. The fourth-order valence-electron chi connectivity index (χ4n) is 5.56. The van der Waals surface area contributed by atoms with Crippen LogP contribution in [0.25, 0.3) is 0 Å². The molecular weight excluding hydrogens is 704 g/mol. The van der Waals surface area contributed by atoms with E-state index in [4.69, 9.17) is 27.8 Å². The molecule has 0 bridgehead atoms.